The summed E-state index contributed by atoms with van der Waals surface area (Å²) in [5, 5.41) is 6.25. The molecule has 0 aromatic heterocycles. The van der Waals surface area contributed by atoms with Crippen molar-refractivity contribution in [2.75, 3.05) is 38.2 Å². The summed E-state index contributed by atoms with van der Waals surface area (Å²) in [7, 11) is -1.53. The van der Waals surface area contributed by atoms with Crippen LogP contribution in [0.1, 0.15) is 19.3 Å². The van der Waals surface area contributed by atoms with E-state index in [1.54, 1.807) is 18.8 Å². The number of aliphatic imine (C=N–C) groups is 1. The lowest BCUT2D eigenvalue weighted by Crippen LogP contribution is -2.42. The molecule has 0 atom stereocenters. The van der Waals surface area contributed by atoms with Crippen LogP contribution in [-0.4, -0.2) is 52.6 Å². The maximum atomic E-state index is 11.9. The normalized spacial score (nSPS) is 15.0. The number of nitrogens with one attached hydrogen (secondary N) is 3. The van der Waals surface area contributed by atoms with E-state index in [9.17, 15) is 8.42 Å². The Morgan fingerprint density at radius 2 is 1.88 bits per heavy atom. The van der Waals surface area contributed by atoms with Crippen LogP contribution in [0.2, 0.25) is 0 Å². The van der Waals surface area contributed by atoms with Crippen LogP contribution in [0, 0.1) is 5.92 Å². The van der Waals surface area contributed by atoms with Crippen LogP contribution in [-0.2, 0) is 10.0 Å². The summed E-state index contributed by atoms with van der Waals surface area (Å²) in [4.78, 5) is 5.35. The SMILES string of the molecule is CN=C(NCCSc1ccccc1)NCCS(=O)(=O)NCC1CCC1.I. The zero-order chi connectivity index (χ0) is 18.0. The first-order chi connectivity index (χ1) is 12.1. The van der Waals surface area contributed by atoms with Crippen molar-refractivity contribution in [2.24, 2.45) is 10.9 Å². The van der Waals surface area contributed by atoms with Gasteiger partial charge in [0.15, 0.2) is 5.96 Å². The highest BCUT2D eigenvalue weighted by Gasteiger charge is 2.19. The lowest BCUT2D eigenvalue weighted by molar-refractivity contribution is 0.316. The Morgan fingerprint density at radius 3 is 2.50 bits per heavy atom. The van der Waals surface area contributed by atoms with Gasteiger partial charge in [0.25, 0.3) is 0 Å². The van der Waals surface area contributed by atoms with Gasteiger partial charge >= 0.3 is 0 Å². The minimum atomic E-state index is -3.22. The lowest BCUT2D eigenvalue weighted by atomic mass is 9.86. The van der Waals surface area contributed by atoms with Crippen molar-refractivity contribution in [3.63, 3.8) is 0 Å². The summed E-state index contributed by atoms with van der Waals surface area (Å²) < 4.78 is 26.6. The number of hydrogen-bond donors (Lipinski definition) is 3. The molecule has 0 bridgehead atoms. The van der Waals surface area contributed by atoms with Gasteiger partial charge in [0, 0.05) is 37.3 Å². The molecular weight excluding hydrogens is 483 g/mol. The highest BCUT2D eigenvalue weighted by atomic mass is 127. The highest BCUT2D eigenvalue weighted by molar-refractivity contribution is 14.0. The summed E-state index contributed by atoms with van der Waals surface area (Å²) in [6.45, 7) is 1.67. The van der Waals surface area contributed by atoms with E-state index in [1.807, 2.05) is 18.2 Å². The van der Waals surface area contributed by atoms with Crippen molar-refractivity contribution in [3.8, 4) is 0 Å². The molecule has 0 heterocycles. The van der Waals surface area contributed by atoms with Crippen molar-refractivity contribution < 1.29 is 8.42 Å². The quantitative estimate of drug-likeness (QED) is 0.147. The fourth-order valence-electron chi connectivity index (χ4n) is 2.39. The molecular formula is C17H29IN4O2S2. The van der Waals surface area contributed by atoms with Gasteiger partial charge < -0.3 is 10.6 Å². The molecule has 1 aliphatic carbocycles. The molecule has 0 amide bonds. The Bertz CT molecular complexity index is 637. The summed E-state index contributed by atoms with van der Waals surface area (Å²) in [6, 6.07) is 10.2. The van der Waals surface area contributed by atoms with Gasteiger partial charge in [-0.05, 0) is 30.9 Å². The van der Waals surface area contributed by atoms with Gasteiger partial charge in [0.05, 0.1) is 5.75 Å². The number of benzene rings is 1. The predicted octanol–water partition coefficient (Wildman–Crippen LogP) is 2.28. The van der Waals surface area contributed by atoms with Crippen molar-refractivity contribution in [1.29, 1.82) is 0 Å². The predicted molar refractivity (Wildman–Crippen MR) is 121 cm³/mol. The van der Waals surface area contributed by atoms with E-state index in [0.717, 1.165) is 25.1 Å². The summed E-state index contributed by atoms with van der Waals surface area (Å²) in [5.41, 5.74) is 0. The molecule has 2 rings (SSSR count). The molecule has 3 N–H and O–H groups in total. The first kappa shape index (κ1) is 23.5. The van der Waals surface area contributed by atoms with Crippen LogP contribution in [0.4, 0.5) is 0 Å². The molecule has 0 aliphatic heterocycles. The highest BCUT2D eigenvalue weighted by Crippen LogP contribution is 2.25. The van der Waals surface area contributed by atoms with Gasteiger partial charge in [-0.25, -0.2) is 13.1 Å². The van der Waals surface area contributed by atoms with Gasteiger partial charge in [-0.1, -0.05) is 24.6 Å². The minimum absolute atomic E-state index is 0. The van der Waals surface area contributed by atoms with E-state index in [0.29, 0.717) is 25.0 Å². The number of nitrogens with zero attached hydrogens (tertiary/aromatic N) is 1. The lowest BCUT2D eigenvalue weighted by Gasteiger charge is -2.25. The monoisotopic (exact) mass is 512 g/mol. The second-order valence-corrected chi connectivity index (χ2v) is 9.15. The molecule has 1 aromatic rings. The molecule has 0 saturated heterocycles. The van der Waals surface area contributed by atoms with Crippen LogP contribution < -0.4 is 15.4 Å². The van der Waals surface area contributed by atoms with Crippen LogP contribution in [0.3, 0.4) is 0 Å². The Morgan fingerprint density at radius 1 is 1.19 bits per heavy atom. The number of hydrogen-bond acceptors (Lipinski definition) is 4. The zero-order valence-electron chi connectivity index (χ0n) is 15.1. The maximum absolute atomic E-state index is 11.9. The Labute approximate surface area is 178 Å². The number of halogens is 1. The Hall–Kier alpha value is -0.520. The maximum Gasteiger partial charge on any atom is 0.213 e. The van der Waals surface area contributed by atoms with Gasteiger partial charge in [-0.15, -0.1) is 35.7 Å². The van der Waals surface area contributed by atoms with Crippen molar-refractivity contribution >= 4 is 51.7 Å². The smallest absolute Gasteiger partial charge is 0.213 e. The number of sulfonamides is 1. The topological polar surface area (TPSA) is 82.6 Å². The molecule has 1 aliphatic rings. The van der Waals surface area contributed by atoms with E-state index in [4.69, 9.17) is 0 Å². The van der Waals surface area contributed by atoms with Gasteiger partial charge in [0.2, 0.25) is 10.0 Å². The standard InChI is InChI=1S/C17H28N4O2S2.HI/c1-18-17(19-10-12-24-16-8-3-2-4-9-16)20-11-13-25(22,23)21-14-15-6-5-7-15;/h2-4,8-9,15,21H,5-7,10-14H2,1H3,(H2,18,19,20);1H. The average molecular weight is 512 g/mol. The third-order valence-electron chi connectivity index (χ3n) is 4.11. The van der Waals surface area contributed by atoms with E-state index in [1.165, 1.54) is 11.3 Å². The van der Waals surface area contributed by atoms with E-state index < -0.39 is 10.0 Å². The number of thioether (sulfide) groups is 1. The Balaban J connectivity index is 0.00000338. The summed E-state index contributed by atoms with van der Waals surface area (Å²) in [6.07, 6.45) is 3.50. The van der Waals surface area contributed by atoms with Crippen molar-refractivity contribution in [3.05, 3.63) is 30.3 Å². The van der Waals surface area contributed by atoms with Crippen molar-refractivity contribution in [1.82, 2.24) is 15.4 Å². The zero-order valence-corrected chi connectivity index (χ0v) is 19.1. The average Bonchev–Trinajstić information content (AvgIpc) is 2.56. The van der Waals surface area contributed by atoms with Crippen LogP contribution >= 0.6 is 35.7 Å². The fourth-order valence-corrected chi connectivity index (χ4v) is 4.19. The van der Waals surface area contributed by atoms with Crippen LogP contribution in [0.5, 0.6) is 0 Å². The first-order valence-electron chi connectivity index (χ1n) is 8.69. The molecule has 0 radical (unpaired) electrons. The van der Waals surface area contributed by atoms with E-state index >= 15 is 0 Å². The fraction of sp³-hybridized carbons (Fsp3) is 0.588. The number of rotatable bonds is 10. The largest absolute Gasteiger partial charge is 0.356 e. The molecule has 0 unspecified atom stereocenters. The molecule has 26 heavy (non-hydrogen) atoms. The van der Waals surface area contributed by atoms with Crippen molar-refractivity contribution in [2.45, 2.75) is 24.2 Å². The summed E-state index contributed by atoms with van der Waals surface area (Å²) in [5.74, 6) is 2.12. The molecule has 148 valence electrons. The molecule has 1 aromatic carbocycles. The molecule has 9 heteroatoms. The van der Waals surface area contributed by atoms with Crippen LogP contribution in [0.25, 0.3) is 0 Å². The van der Waals surface area contributed by atoms with Gasteiger partial charge in [-0.3, -0.25) is 4.99 Å². The van der Waals surface area contributed by atoms with Crippen LogP contribution in [0.15, 0.2) is 40.2 Å². The van der Waals surface area contributed by atoms with Gasteiger partial charge in [-0.2, -0.15) is 0 Å². The Kier molecular flexibility index (Phi) is 11.6. The minimum Gasteiger partial charge on any atom is -0.356 e. The number of guanidine groups is 1. The third-order valence-corrected chi connectivity index (χ3v) is 6.47. The molecule has 6 nitrogen and oxygen atoms in total. The first-order valence-corrected chi connectivity index (χ1v) is 11.3. The van der Waals surface area contributed by atoms with E-state index in [-0.39, 0.29) is 29.7 Å². The second-order valence-electron chi connectivity index (χ2n) is 6.05. The molecule has 1 fully saturated rings. The summed E-state index contributed by atoms with van der Waals surface area (Å²) >= 11 is 1.77. The van der Waals surface area contributed by atoms with E-state index in [2.05, 4.69) is 32.5 Å². The molecule has 0 spiro atoms. The molecule has 1 saturated carbocycles. The third kappa shape index (κ3) is 9.43. The van der Waals surface area contributed by atoms with Gasteiger partial charge in [0.1, 0.15) is 0 Å². The second kappa shape index (κ2) is 12.8.